The van der Waals surface area contributed by atoms with Gasteiger partial charge in [-0.2, -0.15) is 9.37 Å². The number of pyridine rings is 1. The smallest absolute Gasteiger partial charge is 0.296 e. The van der Waals surface area contributed by atoms with Crippen LogP contribution in [0.5, 0.6) is 5.88 Å². The third-order valence-electron chi connectivity index (χ3n) is 6.28. The van der Waals surface area contributed by atoms with Crippen LogP contribution in [-0.4, -0.2) is 48.4 Å². The summed E-state index contributed by atoms with van der Waals surface area (Å²) in [5.74, 6) is -1.35. The molecule has 0 aliphatic rings. The van der Waals surface area contributed by atoms with Crippen molar-refractivity contribution in [1.82, 2.24) is 14.5 Å². The van der Waals surface area contributed by atoms with Crippen molar-refractivity contribution in [2.75, 3.05) is 20.3 Å². The highest BCUT2D eigenvalue weighted by Gasteiger charge is 2.32. The summed E-state index contributed by atoms with van der Waals surface area (Å²) >= 11 is 0. The van der Waals surface area contributed by atoms with Crippen LogP contribution in [0.2, 0.25) is 0 Å². The summed E-state index contributed by atoms with van der Waals surface area (Å²) in [4.78, 5) is 19.6. The molecule has 1 unspecified atom stereocenters. The number of aromatic hydroxyl groups is 1. The van der Waals surface area contributed by atoms with Gasteiger partial charge in [0.15, 0.2) is 4.90 Å². The highest BCUT2D eigenvalue weighted by atomic mass is 32.2. The van der Waals surface area contributed by atoms with Crippen LogP contribution in [0.25, 0.3) is 11.1 Å². The van der Waals surface area contributed by atoms with Crippen molar-refractivity contribution in [3.05, 3.63) is 100 Å². The van der Waals surface area contributed by atoms with Crippen molar-refractivity contribution in [3.63, 3.8) is 0 Å². The van der Waals surface area contributed by atoms with Crippen molar-refractivity contribution in [3.8, 4) is 17.0 Å². The summed E-state index contributed by atoms with van der Waals surface area (Å²) in [5.41, 5.74) is 1.00. The van der Waals surface area contributed by atoms with E-state index in [0.29, 0.717) is 28.9 Å². The first-order chi connectivity index (χ1) is 18.7. The molecule has 1 atom stereocenters. The Hall–Kier alpha value is -3.93. The largest absolute Gasteiger partial charge is 0.493 e. The Morgan fingerprint density at radius 1 is 1.08 bits per heavy atom. The molecule has 0 aliphatic heterocycles. The number of hydrogen-bond donors (Lipinski definition) is 1. The molecule has 0 fully saturated rings. The fourth-order valence-electron chi connectivity index (χ4n) is 4.31. The van der Waals surface area contributed by atoms with Crippen molar-refractivity contribution in [1.29, 1.82) is 0 Å². The van der Waals surface area contributed by atoms with Crippen molar-refractivity contribution < 1.29 is 27.4 Å². The molecular weight excluding hydrogens is 525 g/mol. The molecule has 2 aromatic heterocycles. The van der Waals surface area contributed by atoms with Gasteiger partial charge in [0, 0.05) is 25.5 Å². The summed E-state index contributed by atoms with van der Waals surface area (Å²) in [7, 11) is -3.05. The molecular formula is C28H28FN3O6S. The SMILES string of the molecule is CCOCc1nc(=O)c(S(=O)(=O)c2ccc(-c3ccnc(F)c3C)cc2)c(O)n1C(COC)c1ccccc1. The minimum Gasteiger partial charge on any atom is -0.493 e. The average Bonchev–Trinajstić information content (AvgIpc) is 2.93. The Labute approximate surface area is 225 Å². The molecule has 0 bridgehead atoms. The predicted octanol–water partition coefficient (Wildman–Crippen LogP) is 4.06. The van der Waals surface area contributed by atoms with Crippen LogP contribution in [-0.2, 0) is 25.9 Å². The molecule has 0 aliphatic carbocycles. The van der Waals surface area contributed by atoms with E-state index < -0.39 is 38.2 Å². The van der Waals surface area contributed by atoms with E-state index in [1.54, 1.807) is 44.2 Å². The molecule has 0 saturated carbocycles. The van der Waals surface area contributed by atoms with Gasteiger partial charge in [-0.3, -0.25) is 9.36 Å². The molecule has 2 aromatic carbocycles. The van der Waals surface area contributed by atoms with Gasteiger partial charge in [-0.05, 0) is 48.7 Å². The third kappa shape index (κ3) is 5.60. The highest BCUT2D eigenvalue weighted by Crippen LogP contribution is 2.33. The van der Waals surface area contributed by atoms with E-state index in [9.17, 15) is 22.7 Å². The Bertz CT molecular complexity index is 1620. The summed E-state index contributed by atoms with van der Waals surface area (Å²) in [6.45, 7) is 3.56. The second-order valence-corrected chi connectivity index (χ2v) is 10.6. The summed E-state index contributed by atoms with van der Waals surface area (Å²) < 4.78 is 53.4. The molecule has 0 amide bonds. The molecule has 0 saturated heterocycles. The monoisotopic (exact) mass is 553 g/mol. The normalized spacial score (nSPS) is 12.4. The second kappa shape index (κ2) is 11.9. The van der Waals surface area contributed by atoms with Crippen molar-refractivity contribution in [2.45, 2.75) is 36.3 Å². The van der Waals surface area contributed by atoms with E-state index in [1.807, 2.05) is 6.07 Å². The topological polar surface area (TPSA) is 121 Å². The van der Waals surface area contributed by atoms with Gasteiger partial charge in [-0.15, -0.1) is 0 Å². The molecule has 204 valence electrons. The number of halogens is 1. The molecule has 4 rings (SSSR count). The molecule has 0 radical (unpaired) electrons. The third-order valence-corrected chi connectivity index (χ3v) is 8.06. The molecule has 39 heavy (non-hydrogen) atoms. The van der Waals surface area contributed by atoms with Crippen LogP contribution in [0.15, 0.2) is 81.4 Å². The van der Waals surface area contributed by atoms with E-state index >= 15 is 0 Å². The van der Waals surface area contributed by atoms with Crippen LogP contribution >= 0.6 is 0 Å². The van der Waals surface area contributed by atoms with Gasteiger partial charge in [-0.1, -0.05) is 42.5 Å². The molecule has 11 heteroatoms. The van der Waals surface area contributed by atoms with Gasteiger partial charge >= 0.3 is 0 Å². The summed E-state index contributed by atoms with van der Waals surface area (Å²) in [6, 6.07) is 15.5. The lowest BCUT2D eigenvalue weighted by atomic mass is 10.0. The van der Waals surface area contributed by atoms with Crippen LogP contribution in [0, 0.1) is 12.9 Å². The van der Waals surface area contributed by atoms with E-state index in [4.69, 9.17) is 9.47 Å². The number of ether oxygens (including phenoxy) is 2. The average molecular weight is 554 g/mol. The lowest BCUT2D eigenvalue weighted by Gasteiger charge is -2.25. The Kier molecular flexibility index (Phi) is 8.54. The van der Waals surface area contributed by atoms with Gasteiger partial charge in [-0.25, -0.2) is 13.4 Å². The van der Waals surface area contributed by atoms with Crippen molar-refractivity contribution >= 4 is 9.84 Å². The fraction of sp³-hybridized carbons (Fsp3) is 0.250. The summed E-state index contributed by atoms with van der Waals surface area (Å²) in [6.07, 6.45) is 1.32. The maximum atomic E-state index is 13.9. The zero-order chi connectivity index (χ0) is 28.2. The first kappa shape index (κ1) is 28.1. The molecule has 4 aromatic rings. The number of hydrogen-bond acceptors (Lipinski definition) is 8. The first-order valence-electron chi connectivity index (χ1n) is 12.1. The Morgan fingerprint density at radius 2 is 1.77 bits per heavy atom. The van der Waals surface area contributed by atoms with Crippen molar-refractivity contribution in [2.24, 2.45) is 0 Å². The van der Waals surface area contributed by atoms with Gasteiger partial charge in [0.25, 0.3) is 5.56 Å². The summed E-state index contributed by atoms with van der Waals surface area (Å²) in [5, 5.41) is 11.4. The van der Waals surface area contributed by atoms with Gasteiger partial charge in [0.05, 0.1) is 17.5 Å². The fourth-order valence-corrected chi connectivity index (χ4v) is 5.66. The molecule has 0 spiro atoms. The first-order valence-corrected chi connectivity index (χ1v) is 13.6. The second-order valence-electron chi connectivity index (χ2n) is 8.68. The number of methoxy groups -OCH3 is 1. The maximum Gasteiger partial charge on any atom is 0.296 e. The van der Waals surface area contributed by atoms with Crippen LogP contribution in [0.4, 0.5) is 4.39 Å². The maximum absolute atomic E-state index is 13.9. The molecule has 1 N–H and O–H groups in total. The minimum absolute atomic E-state index is 0.0507. The number of aromatic nitrogens is 3. The zero-order valence-electron chi connectivity index (χ0n) is 21.7. The number of sulfone groups is 1. The number of nitrogens with zero attached hydrogens (tertiary/aromatic N) is 3. The number of benzene rings is 2. The molecule has 9 nitrogen and oxygen atoms in total. The quantitative estimate of drug-likeness (QED) is 0.292. The van der Waals surface area contributed by atoms with Crippen LogP contribution in [0.1, 0.15) is 29.9 Å². The zero-order valence-corrected chi connectivity index (χ0v) is 22.5. The van der Waals surface area contributed by atoms with Gasteiger partial charge in [0.1, 0.15) is 12.4 Å². The van der Waals surface area contributed by atoms with Gasteiger partial charge in [0.2, 0.25) is 21.7 Å². The minimum atomic E-state index is -4.52. The highest BCUT2D eigenvalue weighted by molar-refractivity contribution is 7.91. The van der Waals surface area contributed by atoms with E-state index in [0.717, 1.165) is 0 Å². The van der Waals surface area contributed by atoms with Gasteiger partial charge < -0.3 is 14.6 Å². The predicted molar refractivity (Wildman–Crippen MR) is 142 cm³/mol. The lowest BCUT2D eigenvalue weighted by molar-refractivity contribution is 0.114. The number of rotatable bonds is 10. The van der Waals surface area contributed by atoms with Crippen LogP contribution in [0.3, 0.4) is 0 Å². The Balaban J connectivity index is 1.87. The lowest BCUT2D eigenvalue weighted by Crippen LogP contribution is -2.29. The van der Waals surface area contributed by atoms with E-state index in [2.05, 4.69) is 9.97 Å². The van der Waals surface area contributed by atoms with E-state index in [-0.39, 0.29) is 23.9 Å². The molecule has 2 heterocycles. The Morgan fingerprint density at radius 3 is 2.41 bits per heavy atom. The van der Waals surface area contributed by atoms with Crippen LogP contribution < -0.4 is 5.56 Å². The standard InChI is InChI=1S/C28H28FN3O6S/c1-4-38-17-24-31-27(33)25(28(34)32(24)23(16-37-3)20-8-6-5-7-9-20)39(35,36)21-12-10-19(11-13-21)22-14-15-30-26(29)18(22)2/h5-15,23,34H,4,16-17H2,1-3H3. The van der Waals surface area contributed by atoms with E-state index in [1.165, 1.54) is 42.1 Å².